The SMILES string of the molecule is Cc1ccc(OC(CCCCN)c2ccco2)cc1. The first-order valence-corrected chi connectivity index (χ1v) is 6.76. The number of rotatable bonds is 7. The van der Waals surface area contributed by atoms with Crippen molar-refractivity contribution in [2.45, 2.75) is 32.3 Å². The second-order valence-corrected chi connectivity index (χ2v) is 4.72. The molecule has 0 spiro atoms. The summed E-state index contributed by atoms with van der Waals surface area (Å²) in [5.41, 5.74) is 6.77. The Bertz CT molecular complexity index is 462. The number of hydrogen-bond acceptors (Lipinski definition) is 3. The van der Waals surface area contributed by atoms with Gasteiger partial charge in [-0.15, -0.1) is 0 Å². The third kappa shape index (κ3) is 4.14. The highest BCUT2D eigenvalue weighted by Gasteiger charge is 2.15. The van der Waals surface area contributed by atoms with Gasteiger partial charge in [0.05, 0.1) is 6.26 Å². The van der Waals surface area contributed by atoms with Gasteiger partial charge in [-0.2, -0.15) is 0 Å². The highest BCUT2D eigenvalue weighted by Crippen LogP contribution is 2.27. The van der Waals surface area contributed by atoms with Crippen LogP contribution in [0.5, 0.6) is 5.75 Å². The molecule has 2 N–H and O–H groups in total. The van der Waals surface area contributed by atoms with Crippen molar-refractivity contribution in [1.82, 2.24) is 0 Å². The molecule has 0 radical (unpaired) electrons. The van der Waals surface area contributed by atoms with Crippen LogP contribution in [0, 0.1) is 6.92 Å². The van der Waals surface area contributed by atoms with Crippen LogP contribution in [0.15, 0.2) is 47.1 Å². The normalized spacial score (nSPS) is 12.3. The summed E-state index contributed by atoms with van der Waals surface area (Å²) in [7, 11) is 0. The smallest absolute Gasteiger partial charge is 0.156 e. The Morgan fingerprint density at radius 1 is 1.16 bits per heavy atom. The van der Waals surface area contributed by atoms with E-state index in [2.05, 4.69) is 19.1 Å². The number of aryl methyl sites for hydroxylation is 1. The first-order valence-electron chi connectivity index (χ1n) is 6.76. The molecular weight excluding hydrogens is 238 g/mol. The molecule has 1 heterocycles. The van der Waals surface area contributed by atoms with E-state index in [1.807, 2.05) is 24.3 Å². The second-order valence-electron chi connectivity index (χ2n) is 4.72. The Morgan fingerprint density at radius 3 is 2.58 bits per heavy atom. The van der Waals surface area contributed by atoms with E-state index in [1.54, 1.807) is 6.26 Å². The molecule has 0 aliphatic heterocycles. The number of nitrogens with two attached hydrogens (primary N) is 1. The van der Waals surface area contributed by atoms with E-state index < -0.39 is 0 Å². The zero-order valence-corrected chi connectivity index (χ0v) is 11.3. The first-order chi connectivity index (χ1) is 9.29. The van der Waals surface area contributed by atoms with E-state index in [-0.39, 0.29) is 6.10 Å². The molecule has 2 rings (SSSR count). The van der Waals surface area contributed by atoms with Crippen molar-refractivity contribution in [3.8, 4) is 5.75 Å². The van der Waals surface area contributed by atoms with Crippen LogP contribution >= 0.6 is 0 Å². The molecule has 0 saturated carbocycles. The molecule has 0 amide bonds. The van der Waals surface area contributed by atoms with Crippen molar-refractivity contribution in [1.29, 1.82) is 0 Å². The molecule has 1 aromatic heterocycles. The Labute approximate surface area is 114 Å². The fourth-order valence-electron chi connectivity index (χ4n) is 1.99. The van der Waals surface area contributed by atoms with Gasteiger partial charge < -0.3 is 14.9 Å². The van der Waals surface area contributed by atoms with Crippen LogP contribution in [0.25, 0.3) is 0 Å². The third-order valence-corrected chi connectivity index (χ3v) is 3.08. The van der Waals surface area contributed by atoms with E-state index in [9.17, 15) is 0 Å². The minimum atomic E-state index is -0.0377. The Hall–Kier alpha value is -1.74. The average Bonchev–Trinajstić information content (AvgIpc) is 2.94. The molecule has 2 aromatic rings. The maximum Gasteiger partial charge on any atom is 0.156 e. The highest BCUT2D eigenvalue weighted by molar-refractivity contribution is 5.27. The number of unbranched alkanes of at least 4 members (excludes halogenated alkanes) is 1. The van der Waals surface area contributed by atoms with Gasteiger partial charge in [-0.1, -0.05) is 17.7 Å². The predicted molar refractivity (Wildman–Crippen MR) is 76.2 cm³/mol. The minimum absolute atomic E-state index is 0.0377. The monoisotopic (exact) mass is 259 g/mol. The zero-order chi connectivity index (χ0) is 13.5. The molecule has 3 heteroatoms. The van der Waals surface area contributed by atoms with Crippen molar-refractivity contribution in [2.24, 2.45) is 5.73 Å². The van der Waals surface area contributed by atoms with Crippen LogP contribution in [0.1, 0.15) is 36.7 Å². The average molecular weight is 259 g/mol. The van der Waals surface area contributed by atoms with E-state index in [1.165, 1.54) is 5.56 Å². The number of furan rings is 1. The summed E-state index contributed by atoms with van der Waals surface area (Å²) in [5.74, 6) is 1.75. The second kappa shape index (κ2) is 7.00. The standard InChI is InChI=1S/C16H21NO2/c1-13-7-9-14(10-8-13)19-16(5-2-3-11-17)15-6-4-12-18-15/h4,6-10,12,16H,2-3,5,11,17H2,1H3. The topological polar surface area (TPSA) is 48.4 Å². The number of ether oxygens (including phenoxy) is 1. The highest BCUT2D eigenvalue weighted by atomic mass is 16.5. The lowest BCUT2D eigenvalue weighted by Gasteiger charge is -2.17. The van der Waals surface area contributed by atoms with Gasteiger partial charge in [0.1, 0.15) is 11.5 Å². The zero-order valence-electron chi connectivity index (χ0n) is 11.3. The number of benzene rings is 1. The summed E-state index contributed by atoms with van der Waals surface area (Å²) >= 11 is 0. The van der Waals surface area contributed by atoms with Gasteiger partial charge in [0, 0.05) is 0 Å². The summed E-state index contributed by atoms with van der Waals surface area (Å²) in [6, 6.07) is 11.9. The lowest BCUT2D eigenvalue weighted by atomic mass is 10.1. The number of hydrogen-bond donors (Lipinski definition) is 1. The lowest BCUT2D eigenvalue weighted by Crippen LogP contribution is -2.08. The maximum absolute atomic E-state index is 6.03. The summed E-state index contributed by atoms with van der Waals surface area (Å²) in [5, 5.41) is 0. The molecule has 0 aliphatic rings. The maximum atomic E-state index is 6.03. The van der Waals surface area contributed by atoms with Crippen molar-refractivity contribution in [3.63, 3.8) is 0 Å². The van der Waals surface area contributed by atoms with Gasteiger partial charge in [0.2, 0.25) is 0 Å². The molecule has 0 fully saturated rings. The van der Waals surface area contributed by atoms with Crippen LogP contribution < -0.4 is 10.5 Å². The van der Waals surface area contributed by atoms with Gasteiger partial charge in [0.25, 0.3) is 0 Å². The van der Waals surface area contributed by atoms with E-state index in [4.69, 9.17) is 14.9 Å². The van der Waals surface area contributed by atoms with Gasteiger partial charge in [-0.05, 0) is 57.0 Å². The van der Waals surface area contributed by atoms with Crippen LogP contribution in [0.4, 0.5) is 0 Å². The van der Waals surface area contributed by atoms with E-state index in [0.717, 1.165) is 37.3 Å². The van der Waals surface area contributed by atoms with Crippen LogP contribution in [-0.2, 0) is 0 Å². The lowest BCUT2D eigenvalue weighted by molar-refractivity contribution is 0.163. The predicted octanol–water partition coefficient (Wildman–Crippen LogP) is 3.84. The molecule has 0 aliphatic carbocycles. The van der Waals surface area contributed by atoms with E-state index in [0.29, 0.717) is 0 Å². The first kappa shape index (κ1) is 13.7. The van der Waals surface area contributed by atoms with Gasteiger partial charge in [-0.25, -0.2) is 0 Å². The molecule has 1 unspecified atom stereocenters. The van der Waals surface area contributed by atoms with Gasteiger partial charge in [0.15, 0.2) is 6.10 Å². The summed E-state index contributed by atoms with van der Waals surface area (Å²) in [6.45, 7) is 2.78. The molecule has 3 nitrogen and oxygen atoms in total. The summed E-state index contributed by atoms with van der Waals surface area (Å²) in [6.07, 6.45) is 4.61. The van der Waals surface area contributed by atoms with Crippen molar-refractivity contribution in [3.05, 3.63) is 54.0 Å². The van der Waals surface area contributed by atoms with Crippen LogP contribution in [0.3, 0.4) is 0 Å². The Balaban J connectivity index is 2.02. The third-order valence-electron chi connectivity index (χ3n) is 3.08. The molecular formula is C16H21NO2. The largest absolute Gasteiger partial charge is 0.482 e. The van der Waals surface area contributed by atoms with Crippen molar-refractivity contribution < 1.29 is 9.15 Å². The van der Waals surface area contributed by atoms with Crippen LogP contribution in [-0.4, -0.2) is 6.54 Å². The Morgan fingerprint density at radius 2 is 1.95 bits per heavy atom. The quantitative estimate of drug-likeness (QED) is 0.768. The molecule has 0 bridgehead atoms. The molecule has 1 aromatic carbocycles. The Kier molecular flexibility index (Phi) is 5.04. The van der Waals surface area contributed by atoms with Crippen molar-refractivity contribution >= 4 is 0 Å². The molecule has 0 saturated heterocycles. The van der Waals surface area contributed by atoms with Crippen LogP contribution in [0.2, 0.25) is 0 Å². The molecule has 19 heavy (non-hydrogen) atoms. The molecule has 1 atom stereocenters. The van der Waals surface area contributed by atoms with Crippen molar-refractivity contribution in [2.75, 3.05) is 6.54 Å². The fourth-order valence-corrected chi connectivity index (χ4v) is 1.99. The van der Waals surface area contributed by atoms with Gasteiger partial charge >= 0.3 is 0 Å². The minimum Gasteiger partial charge on any atom is -0.482 e. The van der Waals surface area contributed by atoms with E-state index >= 15 is 0 Å². The van der Waals surface area contributed by atoms with Gasteiger partial charge in [-0.3, -0.25) is 0 Å². The molecule has 102 valence electrons. The fraction of sp³-hybridized carbons (Fsp3) is 0.375. The summed E-state index contributed by atoms with van der Waals surface area (Å²) in [4.78, 5) is 0. The summed E-state index contributed by atoms with van der Waals surface area (Å²) < 4.78 is 11.5.